The normalized spacial score (nSPS) is 13.9. The van der Waals surface area contributed by atoms with Crippen molar-refractivity contribution in [2.45, 2.75) is 366 Å². The summed E-state index contributed by atoms with van der Waals surface area (Å²) in [7, 11) is 1.25. The van der Waals surface area contributed by atoms with E-state index in [1.165, 1.54) is 289 Å². The van der Waals surface area contributed by atoms with Crippen LogP contribution in [0.5, 0.6) is 0 Å². The van der Waals surface area contributed by atoms with Crippen molar-refractivity contribution < 1.29 is 32.9 Å². The van der Waals surface area contributed by atoms with Gasteiger partial charge in [-0.15, -0.1) is 0 Å². The number of carbonyl (C=O) groups excluding carboxylic acids is 1. The van der Waals surface area contributed by atoms with Crippen molar-refractivity contribution in [2.24, 2.45) is 0 Å². The van der Waals surface area contributed by atoms with Crippen molar-refractivity contribution in [2.75, 3.05) is 40.9 Å². The quantitative estimate of drug-likeness (QED) is 0.0272. The van der Waals surface area contributed by atoms with Crippen LogP contribution in [-0.4, -0.2) is 68.5 Å². The molecule has 1 amide bonds. The molecule has 2 N–H and O–H groups in total. The Morgan fingerprint density at radius 1 is 0.430 bits per heavy atom. The minimum atomic E-state index is -4.61. The molecule has 0 radical (unpaired) electrons. The summed E-state index contributed by atoms with van der Waals surface area (Å²) in [5.41, 5.74) is 0. The van der Waals surface area contributed by atoms with E-state index in [9.17, 15) is 19.4 Å². The highest BCUT2D eigenvalue weighted by molar-refractivity contribution is 7.45. The van der Waals surface area contributed by atoms with Crippen LogP contribution in [0, 0.1) is 0 Å². The highest BCUT2D eigenvalue weighted by Crippen LogP contribution is 2.38. The van der Waals surface area contributed by atoms with Gasteiger partial charge in [-0.05, 0) is 44.9 Å². The maximum absolute atomic E-state index is 13.0. The minimum Gasteiger partial charge on any atom is -0.756 e. The topological polar surface area (TPSA) is 108 Å². The van der Waals surface area contributed by atoms with Crippen LogP contribution in [0.2, 0.25) is 0 Å². The minimum absolute atomic E-state index is 0.00738. The van der Waals surface area contributed by atoms with Crippen LogP contribution in [0.15, 0.2) is 36.5 Å². The molecule has 0 aliphatic rings. The van der Waals surface area contributed by atoms with Crippen LogP contribution < -0.4 is 10.2 Å². The van der Waals surface area contributed by atoms with E-state index in [0.717, 1.165) is 44.9 Å². The van der Waals surface area contributed by atoms with E-state index in [-0.39, 0.29) is 12.5 Å². The van der Waals surface area contributed by atoms with E-state index >= 15 is 0 Å². The lowest BCUT2D eigenvalue weighted by Gasteiger charge is -2.29. The molecule has 0 heterocycles. The number of phosphoric ester groups is 1. The Labute approximate surface area is 493 Å². The molecule has 0 aliphatic carbocycles. The number of phosphoric acid groups is 1. The zero-order valence-electron chi connectivity index (χ0n) is 53.6. The third kappa shape index (κ3) is 64.1. The number of nitrogens with zero attached hydrogens (tertiary/aromatic N) is 1. The second-order valence-corrected chi connectivity index (χ2v) is 26.6. The fourth-order valence-corrected chi connectivity index (χ4v) is 11.4. The number of aliphatic hydroxyl groups is 1. The van der Waals surface area contributed by atoms with E-state index in [0.29, 0.717) is 17.4 Å². The van der Waals surface area contributed by atoms with E-state index in [2.05, 4.69) is 43.5 Å². The third-order valence-corrected chi connectivity index (χ3v) is 17.0. The highest BCUT2D eigenvalue weighted by atomic mass is 31.2. The number of quaternary nitrogens is 1. The van der Waals surface area contributed by atoms with Gasteiger partial charge in [0, 0.05) is 6.42 Å². The van der Waals surface area contributed by atoms with Crippen molar-refractivity contribution in [1.82, 2.24) is 5.32 Å². The molecule has 0 aromatic rings. The molecule has 0 fully saturated rings. The van der Waals surface area contributed by atoms with Crippen LogP contribution >= 0.6 is 7.82 Å². The largest absolute Gasteiger partial charge is 0.756 e. The van der Waals surface area contributed by atoms with Gasteiger partial charge in [0.25, 0.3) is 7.82 Å². The van der Waals surface area contributed by atoms with Gasteiger partial charge in [0.2, 0.25) is 5.91 Å². The molecular weight excluding hydrogens is 996 g/mol. The van der Waals surface area contributed by atoms with Crippen molar-refractivity contribution in [3.63, 3.8) is 0 Å². The molecule has 3 atom stereocenters. The number of carbonyl (C=O) groups is 1. The average molecular weight is 1130 g/mol. The summed E-state index contributed by atoms with van der Waals surface area (Å²) >= 11 is 0. The smallest absolute Gasteiger partial charge is 0.268 e. The van der Waals surface area contributed by atoms with Crippen molar-refractivity contribution in [3.8, 4) is 0 Å². The van der Waals surface area contributed by atoms with Crippen LogP contribution in [0.3, 0.4) is 0 Å². The molecule has 9 heteroatoms. The van der Waals surface area contributed by atoms with E-state index in [1.54, 1.807) is 6.08 Å². The van der Waals surface area contributed by atoms with Gasteiger partial charge in [-0.2, -0.15) is 0 Å². The first kappa shape index (κ1) is 77.7. The predicted molar refractivity (Wildman–Crippen MR) is 344 cm³/mol. The predicted octanol–water partition coefficient (Wildman–Crippen LogP) is 21.4. The first-order valence-electron chi connectivity index (χ1n) is 34.9. The van der Waals surface area contributed by atoms with Crippen LogP contribution in [0.1, 0.15) is 354 Å². The number of aliphatic hydroxyl groups excluding tert-OH is 1. The fraction of sp³-hybridized carbons (Fsp3) is 0.900. The third-order valence-electron chi connectivity index (χ3n) is 16.1. The summed E-state index contributed by atoms with van der Waals surface area (Å²) in [6, 6.07) is -0.908. The van der Waals surface area contributed by atoms with Gasteiger partial charge in [0.05, 0.1) is 39.9 Å². The number of hydrogen-bond acceptors (Lipinski definition) is 6. The molecule has 0 aromatic heterocycles. The number of rotatable bonds is 65. The van der Waals surface area contributed by atoms with Gasteiger partial charge in [0.15, 0.2) is 0 Å². The molecule has 0 rings (SSSR count). The monoisotopic (exact) mass is 1130 g/mol. The maximum Gasteiger partial charge on any atom is 0.268 e. The first-order valence-corrected chi connectivity index (χ1v) is 36.3. The van der Waals surface area contributed by atoms with E-state index < -0.39 is 26.6 Å². The van der Waals surface area contributed by atoms with Gasteiger partial charge >= 0.3 is 0 Å². The number of nitrogens with one attached hydrogen (secondary N) is 1. The Balaban J connectivity index is 3.86. The molecule has 0 aromatic carbocycles. The summed E-state index contributed by atoms with van der Waals surface area (Å²) in [6.07, 6.45) is 81.6. The molecule has 0 bridgehead atoms. The number of likely N-dealkylation sites (N-methyl/N-ethyl adjacent to an activating group) is 1. The van der Waals surface area contributed by atoms with Gasteiger partial charge in [-0.1, -0.05) is 339 Å². The second-order valence-electron chi connectivity index (χ2n) is 25.2. The SMILES string of the molecule is CCCCCCCC/C=C/CC/C=C/CC/C=C/C(O)C(COP(=O)([O-])OCC[N+](C)(C)C)NC(=O)CCCCCCCCCCCCCCCCCCCCCCCCCCCCCCCCCCCCCCCCCCC. The Morgan fingerprint density at radius 2 is 0.709 bits per heavy atom. The Hall–Kier alpha value is -1.28. The number of unbranched alkanes of at least 4 members (excludes halogenated alkanes) is 48. The number of amides is 1. The Kier molecular flexibility index (Phi) is 60.3. The first-order chi connectivity index (χ1) is 38.5. The summed E-state index contributed by atoms with van der Waals surface area (Å²) in [6.45, 7) is 4.65. The van der Waals surface area contributed by atoms with E-state index in [1.807, 2.05) is 27.2 Å². The lowest BCUT2D eigenvalue weighted by atomic mass is 10.0. The zero-order chi connectivity index (χ0) is 57.7. The lowest BCUT2D eigenvalue weighted by Crippen LogP contribution is -2.45. The fourth-order valence-electron chi connectivity index (χ4n) is 10.7. The van der Waals surface area contributed by atoms with Crippen LogP contribution in [0.4, 0.5) is 0 Å². The molecule has 8 nitrogen and oxygen atoms in total. The molecular formula is C70H137N2O6P. The van der Waals surface area contributed by atoms with Gasteiger partial charge in [-0.3, -0.25) is 9.36 Å². The summed E-state index contributed by atoms with van der Waals surface area (Å²) in [5.74, 6) is -0.205. The Morgan fingerprint density at radius 3 is 1.03 bits per heavy atom. The molecule has 3 unspecified atom stereocenters. The lowest BCUT2D eigenvalue weighted by molar-refractivity contribution is -0.870. The van der Waals surface area contributed by atoms with Crippen LogP contribution in [-0.2, 0) is 18.4 Å². The van der Waals surface area contributed by atoms with Crippen molar-refractivity contribution in [1.29, 1.82) is 0 Å². The molecule has 0 spiro atoms. The Bertz CT molecular complexity index is 1380. The van der Waals surface area contributed by atoms with Crippen LogP contribution in [0.25, 0.3) is 0 Å². The average Bonchev–Trinajstić information content (AvgIpc) is 3.42. The molecule has 79 heavy (non-hydrogen) atoms. The molecule has 0 aliphatic heterocycles. The second kappa shape index (κ2) is 61.3. The maximum atomic E-state index is 13.0. The van der Waals surface area contributed by atoms with Gasteiger partial charge in [0.1, 0.15) is 13.2 Å². The summed E-state index contributed by atoms with van der Waals surface area (Å²) in [4.78, 5) is 25.5. The zero-order valence-corrected chi connectivity index (χ0v) is 54.5. The summed E-state index contributed by atoms with van der Waals surface area (Å²) < 4.78 is 23.4. The molecule has 0 saturated carbocycles. The summed E-state index contributed by atoms with van der Waals surface area (Å²) in [5, 5.41) is 13.9. The molecule has 468 valence electrons. The van der Waals surface area contributed by atoms with Crippen molar-refractivity contribution in [3.05, 3.63) is 36.5 Å². The van der Waals surface area contributed by atoms with Gasteiger partial charge < -0.3 is 28.8 Å². The molecule has 0 saturated heterocycles. The highest BCUT2D eigenvalue weighted by Gasteiger charge is 2.23. The van der Waals surface area contributed by atoms with Crippen molar-refractivity contribution >= 4 is 13.7 Å². The van der Waals surface area contributed by atoms with Gasteiger partial charge in [-0.25, -0.2) is 0 Å². The standard InChI is InChI=1S/C70H137N2O6P/c1-6-8-10-12-14-16-18-20-22-24-25-26-27-28-29-30-31-32-33-34-35-36-37-38-39-40-41-42-43-44-45-46-47-48-50-52-54-56-58-60-62-64-70(74)71-68(67-78-79(75,76)77-66-65-72(3,4)5)69(73)63-61-59-57-55-53-51-49-23-21-19-17-15-13-11-9-7-2/h21,23,53,55,61,63,68-69,73H,6-20,22,24-52,54,56-60,62,64-67H2,1-5H3,(H-,71,74,75,76)/b23-21+,55-53+,63-61+. The number of allylic oxidation sites excluding steroid dienone is 5. The number of hydrogen-bond donors (Lipinski definition) is 2. The van der Waals surface area contributed by atoms with E-state index in [4.69, 9.17) is 9.05 Å².